The highest BCUT2D eigenvalue weighted by molar-refractivity contribution is 6.04. The molecule has 27 heavy (non-hydrogen) atoms. The fourth-order valence-electron chi connectivity index (χ4n) is 2.74. The van der Waals surface area contributed by atoms with Gasteiger partial charge in [-0.25, -0.2) is 0 Å². The third kappa shape index (κ3) is 5.11. The zero-order valence-corrected chi connectivity index (χ0v) is 15.7. The van der Waals surface area contributed by atoms with Crippen molar-refractivity contribution >= 4 is 17.3 Å². The number of carbonyl (C=O) groups excluding carboxylic acids is 1. The molecule has 4 heteroatoms. The van der Waals surface area contributed by atoms with Crippen molar-refractivity contribution in [3.63, 3.8) is 0 Å². The number of hydrogen-bond acceptors (Lipinski definition) is 3. The molecule has 138 valence electrons. The number of rotatable bonds is 7. The molecule has 0 radical (unpaired) electrons. The van der Waals surface area contributed by atoms with Gasteiger partial charge in [0.1, 0.15) is 12.4 Å². The van der Waals surface area contributed by atoms with Gasteiger partial charge in [0, 0.05) is 23.5 Å². The summed E-state index contributed by atoms with van der Waals surface area (Å²) in [7, 11) is 0. The van der Waals surface area contributed by atoms with Gasteiger partial charge >= 0.3 is 0 Å². The van der Waals surface area contributed by atoms with Crippen molar-refractivity contribution in [1.82, 2.24) is 0 Å². The Hall–Kier alpha value is -3.27. The lowest BCUT2D eigenvalue weighted by Crippen LogP contribution is -2.15. The Kier molecular flexibility index (Phi) is 6.10. The van der Waals surface area contributed by atoms with E-state index in [1.54, 1.807) is 12.1 Å². The van der Waals surface area contributed by atoms with Crippen LogP contribution in [-0.2, 0) is 0 Å². The molecule has 0 atom stereocenters. The fourth-order valence-corrected chi connectivity index (χ4v) is 2.74. The van der Waals surface area contributed by atoms with Crippen molar-refractivity contribution in [2.24, 2.45) is 0 Å². The van der Waals surface area contributed by atoms with Crippen LogP contribution >= 0.6 is 0 Å². The summed E-state index contributed by atoms with van der Waals surface area (Å²) >= 11 is 0. The van der Waals surface area contributed by atoms with E-state index in [0.717, 1.165) is 22.7 Å². The van der Waals surface area contributed by atoms with E-state index in [2.05, 4.69) is 17.6 Å². The van der Waals surface area contributed by atoms with E-state index in [0.29, 0.717) is 18.7 Å². The number of benzene rings is 3. The molecule has 0 unspecified atom stereocenters. The first-order valence-electron chi connectivity index (χ1n) is 9.03. The second kappa shape index (κ2) is 8.90. The molecule has 0 heterocycles. The van der Waals surface area contributed by atoms with Crippen molar-refractivity contribution in [2.75, 3.05) is 23.8 Å². The van der Waals surface area contributed by atoms with Gasteiger partial charge in [0.25, 0.3) is 5.91 Å². The molecule has 0 aromatic heterocycles. The highest BCUT2D eigenvalue weighted by atomic mass is 16.5. The third-order valence-electron chi connectivity index (χ3n) is 4.33. The number of hydrogen-bond donors (Lipinski definition) is 2. The molecule has 0 saturated heterocycles. The Morgan fingerprint density at radius 1 is 0.852 bits per heavy atom. The summed E-state index contributed by atoms with van der Waals surface area (Å²) < 4.78 is 5.74. The Bertz CT molecular complexity index is 890. The lowest BCUT2D eigenvalue weighted by Gasteiger charge is -2.14. The van der Waals surface area contributed by atoms with Gasteiger partial charge in [-0.05, 0) is 55.8 Å². The Morgan fingerprint density at radius 2 is 1.56 bits per heavy atom. The zero-order valence-electron chi connectivity index (χ0n) is 15.7. The SMILES string of the molecule is Cc1ccc(OCCNc2cccc(NC(=O)c3ccccc3)c2C)cc1. The predicted octanol–water partition coefficient (Wildman–Crippen LogP) is 5.05. The van der Waals surface area contributed by atoms with Crippen molar-refractivity contribution < 1.29 is 9.53 Å². The maximum atomic E-state index is 12.4. The van der Waals surface area contributed by atoms with Gasteiger partial charge in [-0.2, -0.15) is 0 Å². The molecule has 0 aliphatic carbocycles. The van der Waals surface area contributed by atoms with E-state index in [1.807, 2.05) is 67.6 Å². The molecule has 4 nitrogen and oxygen atoms in total. The van der Waals surface area contributed by atoms with Crippen LogP contribution in [0.3, 0.4) is 0 Å². The molecule has 3 aromatic carbocycles. The molecule has 0 aliphatic heterocycles. The molecule has 0 saturated carbocycles. The molecule has 1 amide bonds. The Balaban J connectivity index is 1.56. The van der Waals surface area contributed by atoms with E-state index in [4.69, 9.17) is 4.74 Å². The van der Waals surface area contributed by atoms with Crippen LogP contribution in [0.4, 0.5) is 11.4 Å². The third-order valence-corrected chi connectivity index (χ3v) is 4.33. The molecular formula is C23H24N2O2. The van der Waals surface area contributed by atoms with E-state index in [-0.39, 0.29) is 5.91 Å². The average Bonchev–Trinajstić information content (AvgIpc) is 2.70. The number of anilines is 2. The van der Waals surface area contributed by atoms with Crippen LogP contribution in [0.15, 0.2) is 72.8 Å². The minimum Gasteiger partial charge on any atom is -0.492 e. The monoisotopic (exact) mass is 360 g/mol. The van der Waals surface area contributed by atoms with Gasteiger partial charge in [0.2, 0.25) is 0 Å². The lowest BCUT2D eigenvalue weighted by atomic mass is 10.1. The molecule has 2 N–H and O–H groups in total. The first-order valence-corrected chi connectivity index (χ1v) is 9.03. The molecule has 0 fully saturated rings. The van der Waals surface area contributed by atoms with Gasteiger partial charge in [-0.3, -0.25) is 4.79 Å². The predicted molar refractivity (Wildman–Crippen MR) is 111 cm³/mol. The van der Waals surface area contributed by atoms with Crippen molar-refractivity contribution in [3.8, 4) is 5.75 Å². The van der Waals surface area contributed by atoms with Gasteiger partial charge < -0.3 is 15.4 Å². The van der Waals surface area contributed by atoms with Crippen LogP contribution < -0.4 is 15.4 Å². The average molecular weight is 360 g/mol. The Labute approximate surface area is 160 Å². The minimum atomic E-state index is -0.112. The van der Waals surface area contributed by atoms with Crippen LogP contribution in [0.1, 0.15) is 21.5 Å². The van der Waals surface area contributed by atoms with E-state index < -0.39 is 0 Å². The van der Waals surface area contributed by atoms with Crippen LogP contribution in [0.2, 0.25) is 0 Å². The minimum absolute atomic E-state index is 0.112. The van der Waals surface area contributed by atoms with E-state index >= 15 is 0 Å². The second-order valence-electron chi connectivity index (χ2n) is 6.39. The maximum Gasteiger partial charge on any atom is 0.255 e. The highest BCUT2D eigenvalue weighted by Gasteiger charge is 2.09. The van der Waals surface area contributed by atoms with Gasteiger partial charge in [-0.15, -0.1) is 0 Å². The molecular weight excluding hydrogens is 336 g/mol. The number of aryl methyl sites for hydroxylation is 1. The molecule has 0 spiro atoms. The van der Waals surface area contributed by atoms with Crippen molar-refractivity contribution in [1.29, 1.82) is 0 Å². The molecule has 3 aromatic rings. The first kappa shape index (κ1) is 18.5. The number of ether oxygens (including phenoxy) is 1. The second-order valence-corrected chi connectivity index (χ2v) is 6.39. The van der Waals surface area contributed by atoms with E-state index in [1.165, 1.54) is 5.56 Å². The van der Waals surface area contributed by atoms with Gasteiger partial charge in [-0.1, -0.05) is 42.0 Å². The smallest absolute Gasteiger partial charge is 0.255 e. The normalized spacial score (nSPS) is 10.3. The summed E-state index contributed by atoms with van der Waals surface area (Å²) in [5.41, 5.74) is 4.63. The number of nitrogens with one attached hydrogen (secondary N) is 2. The van der Waals surface area contributed by atoms with Gasteiger partial charge in [0.05, 0.1) is 0 Å². The number of carbonyl (C=O) groups is 1. The topological polar surface area (TPSA) is 50.4 Å². The molecule has 3 rings (SSSR count). The van der Waals surface area contributed by atoms with Crippen LogP contribution in [0.25, 0.3) is 0 Å². The summed E-state index contributed by atoms with van der Waals surface area (Å²) in [5, 5.41) is 6.35. The lowest BCUT2D eigenvalue weighted by molar-refractivity contribution is 0.102. The highest BCUT2D eigenvalue weighted by Crippen LogP contribution is 2.23. The van der Waals surface area contributed by atoms with Gasteiger partial charge in [0.15, 0.2) is 0 Å². The first-order chi connectivity index (χ1) is 13.1. The van der Waals surface area contributed by atoms with Crippen LogP contribution in [-0.4, -0.2) is 19.1 Å². The summed E-state index contributed by atoms with van der Waals surface area (Å²) in [4.78, 5) is 12.4. The van der Waals surface area contributed by atoms with E-state index in [9.17, 15) is 4.79 Å². The summed E-state index contributed by atoms with van der Waals surface area (Å²) in [5.74, 6) is 0.751. The molecule has 0 aliphatic rings. The summed E-state index contributed by atoms with van der Waals surface area (Å²) in [6, 6.07) is 23.1. The maximum absolute atomic E-state index is 12.4. The quantitative estimate of drug-likeness (QED) is 0.580. The number of amides is 1. The fraction of sp³-hybridized carbons (Fsp3) is 0.174. The zero-order chi connectivity index (χ0) is 19.1. The van der Waals surface area contributed by atoms with Crippen LogP contribution in [0, 0.1) is 13.8 Å². The van der Waals surface area contributed by atoms with Crippen LogP contribution in [0.5, 0.6) is 5.75 Å². The van der Waals surface area contributed by atoms with Crippen molar-refractivity contribution in [3.05, 3.63) is 89.5 Å². The van der Waals surface area contributed by atoms with Crippen molar-refractivity contribution in [2.45, 2.75) is 13.8 Å². The largest absolute Gasteiger partial charge is 0.492 e. The standard InChI is InChI=1S/C23H24N2O2/c1-17-11-13-20(14-12-17)27-16-15-24-21-9-6-10-22(18(21)2)25-23(26)19-7-4-3-5-8-19/h3-14,24H,15-16H2,1-2H3,(H,25,26). The summed E-state index contributed by atoms with van der Waals surface area (Å²) in [6.45, 7) is 5.27. The summed E-state index contributed by atoms with van der Waals surface area (Å²) in [6.07, 6.45) is 0. The Morgan fingerprint density at radius 3 is 2.30 bits per heavy atom. The molecule has 0 bridgehead atoms.